The van der Waals surface area contributed by atoms with E-state index in [1.807, 2.05) is 0 Å². The normalized spacial score (nSPS) is 12.3. The zero-order valence-electron chi connectivity index (χ0n) is 9.55. The lowest BCUT2D eigenvalue weighted by Crippen LogP contribution is -2.28. The van der Waals surface area contributed by atoms with E-state index in [9.17, 15) is 26.7 Å². The second-order valence-corrected chi connectivity index (χ2v) is 3.61. The highest BCUT2D eigenvalue weighted by atomic mass is 19.4. The molecule has 0 aromatic carbocycles. The minimum atomic E-state index is -4.80. The summed E-state index contributed by atoms with van der Waals surface area (Å²) in [5.41, 5.74) is -2.29. The van der Waals surface area contributed by atoms with Gasteiger partial charge in [0.15, 0.2) is 0 Å². The van der Waals surface area contributed by atoms with E-state index < -0.39 is 41.6 Å². The van der Waals surface area contributed by atoms with Gasteiger partial charge in [-0.15, -0.1) is 0 Å². The van der Waals surface area contributed by atoms with E-state index >= 15 is 0 Å². The molecule has 19 heavy (non-hydrogen) atoms. The van der Waals surface area contributed by atoms with Crippen molar-refractivity contribution in [1.82, 2.24) is 4.98 Å². The lowest BCUT2D eigenvalue weighted by atomic mass is 10.1. The zero-order chi connectivity index (χ0) is 14.8. The van der Waals surface area contributed by atoms with Crippen LogP contribution in [0.1, 0.15) is 29.3 Å². The Kier molecular flexibility index (Phi) is 3.97. The Morgan fingerprint density at radius 3 is 2.37 bits per heavy atom. The largest absolute Gasteiger partial charge is 0.478 e. The number of aromatic nitrogens is 1. The van der Waals surface area contributed by atoms with Gasteiger partial charge in [-0.25, -0.2) is 9.78 Å². The molecule has 0 saturated heterocycles. The molecular formula is C10H9F5N2O2. The number of anilines is 1. The Morgan fingerprint density at radius 2 is 1.95 bits per heavy atom. The maximum atomic E-state index is 13.1. The quantitative estimate of drug-likeness (QED) is 0.658. The maximum Gasteiger partial charge on any atom is 0.417 e. The summed E-state index contributed by atoms with van der Waals surface area (Å²) in [6.07, 6.45) is -5.18. The van der Waals surface area contributed by atoms with E-state index in [2.05, 4.69) is 4.98 Å². The van der Waals surface area contributed by atoms with Crippen LogP contribution in [0.2, 0.25) is 0 Å². The van der Waals surface area contributed by atoms with E-state index in [4.69, 9.17) is 5.11 Å². The second-order valence-electron chi connectivity index (χ2n) is 3.61. The van der Waals surface area contributed by atoms with Gasteiger partial charge in [-0.05, 0) is 6.07 Å². The van der Waals surface area contributed by atoms with Gasteiger partial charge in [0.1, 0.15) is 11.4 Å². The Balaban J connectivity index is 3.24. The topological polar surface area (TPSA) is 62.2 Å². The number of pyridine rings is 1. The highest BCUT2D eigenvalue weighted by Gasteiger charge is 2.34. The standard InChI is InChI=1S/C10H9F5N2O2/c1-2-9(11,12)17-7-6(8(18)19)3-5(4-16-7)10(13,14)15/h3-4H,2H2,1H3,(H,16,17)(H,18,19). The molecule has 0 fully saturated rings. The third-order valence-electron chi connectivity index (χ3n) is 2.19. The highest BCUT2D eigenvalue weighted by Crippen LogP contribution is 2.31. The van der Waals surface area contributed by atoms with Crippen LogP contribution in [0.15, 0.2) is 12.3 Å². The van der Waals surface area contributed by atoms with Crippen LogP contribution in [0.5, 0.6) is 0 Å². The molecule has 1 aromatic rings. The van der Waals surface area contributed by atoms with Crippen molar-refractivity contribution in [3.63, 3.8) is 0 Å². The fourth-order valence-corrected chi connectivity index (χ4v) is 1.14. The molecule has 0 spiro atoms. The van der Waals surface area contributed by atoms with Gasteiger partial charge in [-0.3, -0.25) is 0 Å². The number of nitrogens with zero attached hydrogens (tertiary/aromatic N) is 1. The van der Waals surface area contributed by atoms with Gasteiger partial charge in [0.2, 0.25) is 0 Å². The van der Waals surface area contributed by atoms with Crippen LogP contribution < -0.4 is 5.32 Å². The van der Waals surface area contributed by atoms with Crippen LogP contribution in [0.3, 0.4) is 0 Å². The molecule has 0 aliphatic carbocycles. The fraction of sp³-hybridized carbons (Fsp3) is 0.400. The van der Waals surface area contributed by atoms with E-state index in [0.29, 0.717) is 6.20 Å². The summed E-state index contributed by atoms with van der Waals surface area (Å²) in [5, 5.41) is 10.2. The van der Waals surface area contributed by atoms with Crippen LogP contribution in [-0.2, 0) is 6.18 Å². The van der Waals surface area contributed by atoms with E-state index in [1.165, 1.54) is 5.32 Å². The Hall–Kier alpha value is -1.93. The molecule has 0 aliphatic heterocycles. The summed E-state index contributed by atoms with van der Waals surface area (Å²) in [7, 11) is 0. The van der Waals surface area contributed by atoms with Crippen LogP contribution >= 0.6 is 0 Å². The van der Waals surface area contributed by atoms with Gasteiger partial charge in [0, 0.05) is 12.6 Å². The number of aromatic carboxylic acids is 1. The highest BCUT2D eigenvalue weighted by molar-refractivity contribution is 5.93. The smallest absolute Gasteiger partial charge is 0.417 e. The number of carboxylic acids is 1. The number of alkyl halides is 5. The first kappa shape index (κ1) is 15.1. The Bertz CT molecular complexity index is 487. The van der Waals surface area contributed by atoms with Gasteiger partial charge < -0.3 is 10.4 Å². The van der Waals surface area contributed by atoms with Crippen molar-refractivity contribution in [2.24, 2.45) is 0 Å². The molecule has 0 amide bonds. The van der Waals surface area contributed by atoms with Crippen molar-refractivity contribution >= 4 is 11.8 Å². The van der Waals surface area contributed by atoms with Gasteiger partial charge in [0.05, 0.1) is 5.56 Å². The van der Waals surface area contributed by atoms with Gasteiger partial charge in [0.25, 0.3) is 0 Å². The average molecular weight is 284 g/mol. The SMILES string of the molecule is CCC(F)(F)Nc1ncc(C(F)(F)F)cc1C(=O)O. The number of rotatable bonds is 4. The third kappa shape index (κ3) is 3.76. The van der Waals surface area contributed by atoms with Crippen LogP contribution in [0.4, 0.5) is 27.8 Å². The molecule has 9 heteroatoms. The van der Waals surface area contributed by atoms with Crippen molar-refractivity contribution in [2.45, 2.75) is 25.6 Å². The summed E-state index contributed by atoms with van der Waals surface area (Å²) in [6, 6.07) is -3.21. The number of hydrogen-bond donors (Lipinski definition) is 2. The molecule has 0 radical (unpaired) electrons. The first-order chi connectivity index (χ1) is 8.57. The molecule has 2 N–H and O–H groups in total. The summed E-state index contributed by atoms with van der Waals surface area (Å²) in [4.78, 5) is 13.9. The lowest BCUT2D eigenvalue weighted by Gasteiger charge is -2.18. The van der Waals surface area contributed by atoms with Crippen molar-refractivity contribution in [3.8, 4) is 0 Å². The molecule has 0 unspecified atom stereocenters. The second kappa shape index (κ2) is 4.98. The predicted octanol–water partition coefficient (Wildman–Crippen LogP) is 3.21. The van der Waals surface area contributed by atoms with E-state index in [0.717, 1.165) is 6.92 Å². The predicted molar refractivity (Wildman–Crippen MR) is 55.1 cm³/mol. The minimum Gasteiger partial charge on any atom is -0.478 e. The number of nitrogens with one attached hydrogen (secondary N) is 1. The first-order valence-corrected chi connectivity index (χ1v) is 5.03. The molecular weight excluding hydrogens is 275 g/mol. The Labute approximate surface area is 104 Å². The zero-order valence-corrected chi connectivity index (χ0v) is 9.55. The van der Waals surface area contributed by atoms with Gasteiger partial charge >= 0.3 is 18.2 Å². The summed E-state index contributed by atoms with van der Waals surface area (Å²) < 4.78 is 63.2. The van der Waals surface area contributed by atoms with Crippen molar-refractivity contribution in [3.05, 3.63) is 23.4 Å². The van der Waals surface area contributed by atoms with Crippen LogP contribution in [-0.4, -0.2) is 22.1 Å². The van der Waals surface area contributed by atoms with E-state index in [1.54, 1.807) is 0 Å². The Morgan fingerprint density at radius 1 is 1.37 bits per heavy atom. The lowest BCUT2D eigenvalue weighted by molar-refractivity contribution is -0.137. The van der Waals surface area contributed by atoms with Crippen molar-refractivity contribution < 1.29 is 31.9 Å². The van der Waals surface area contributed by atoms with Gasteiger partial charge in [-0.1, -0.05) is 6.92 Å². The average Bonchev–Trinajstić information content (AvgIpc) is 2.27. The number of halogens is 5. The first-order valence-electron chi connectivity index (χ1n) is 5.03. The summed E-state index contributed by atoms with van der Waals surface area (Å²) >= 11 is 0. The van der Waals surface area contributed by atoms with E-state index in [-0.39, 0.29) is 6.07 Å². The molecule has 106 valence electrons. The van der Waals surface area contributed by atoms with Crippen molar-refractivity contribution in [2.75, 3.05) is 5.32 Å². The number of hydrogen-bond acceptors (Lipinski definition) is 3. The third-order valence-corrected chi connectivity index (χ3v) is 2.19. The molecule has 0 bridgehead atoms. The molecule has 0 atom stereocenters. The molecule has 1 heterocycles. The van der Waals surface area contributed by atoms with Crippen LogP contribution in [0, 0.1) is 0 Å². The molecule has 4 nitrogen and oxygen atoms in total. The molecule has 1 aromatic heterocycles. The maximum absolute atomic E-state index is 13.1. The number of carboxylic acid groups (broad SMARTS) is 1. The van der Waals surface area contributed by atoms with Gasteiger partial charge in [-0.2, -0.15) is 22.0 Å². The molecule has 0 aliphatic rings. The summed E-state index contributed by atoms with van der Waals surface area (Å²) in [6.45, 7) is 1.12. The summed E-state index contributed by atoms with van der Waals surface area (Å²) in [5.74, 6) is -2.60. The van der Waals surface area contributed by atoms with Crippen molar-refractivity contribution in [1.29, 1.82) is 0 Å². The minimum absolute atomic E-state index is 0.253. The van der Waals surface area contributed by atoms with Crippen LogP contribution in [0.25, 0.3) is 0 Å². The monoisotopic (exact) mass is 284 g/mol. The molecule has 1 rings (SSSR count). The number of carbonyl (C=O) groups is 1. The molecule has 0 saturated carbocycles. The fourth-order valence-electron chi connectivity index (χ4n) is 1.14.